The number of nitrogens with zero attached hydrogens (tertiary/aromatic N) is 1. The molecule has 0 aliphatic heterocycles. The molecule has 0 aliphatic rings. The predicted molar refractivity (Wildman–Crippen MR) is 56.4 cm³/mol. The second-order valence-electron chi connectivity index (χ2n) is 3.18. The van der Waals surface area contributed by atoms with Crippen molar-refractivity contribution in [2.75, 3.05) is 12.3 Å². The number of pyridine rings is 1. The van der Waals surface area contributed by atoms with Crippen LogP contribution in [0.5, 0.6) is 0 Å². The number of nitrogens with two attached hydrogens (primary N) is 1. The number of halogens is 1. The number of nitrogen functional groups attached to an aromatic ring is 1. The van der Waals surface area contributed by atoms with Gasteiger partial charge in [-0.05, 0) is 6.92 Å². The summed E-state index contributed by atoms with van der Waals surface area (Å²) in [6.45, 7) is 1.91. The first-order valence-electron chi connectivity index (χ1n) is 4.73. The van der Waals surface area contributed by atoms with Gasteiger partial charge in [0.15, 0.2) is 5.82 Å². The molecule has 2 heterocycles. The van der Waals surface area contributed by atoms with Gasteiger partial charge in [0.05, 0.1) is 24.0 Å². The molecule has 0 radical (unpaired) electrons. The van der Waals surface area contributed by atoms with Gasteiger partial charge in [-0.15, -0.1) is 0 Å². The molecular formula is C10H10FN3O2. The van der Waals surface area contributed by atoms with Gasteiger partial charge in [0, 0.05) is 11.6 Å². The molecule has 0 saturated carbocycles. The summed E-state index contributed by atoms with van der Waals surface area (Å²) < 4.78 is 18.1. The van der Waals surface area contributed by atoms with E-state index in [4.69, 9.17) is 10.5 Å². The lowest BCUT2D eigenvalue weighted by Crippen LogP contribution is -2.07. The number of hydrogen-bond acceptors (Lipinski definition) is 4. The number of nitrogens with one attached hydrogen (secondary N) is 1. The largest absolute Gasteiger partial charge is 0.461 e. The quantitative estimate of drug-likeness (QED) is 0.755. The van der Waals surface area contributed by atoms with Crippen molar-refractivity contribution < 1.29 is 13.9 Å². The summed E-state index contributed by atoms with van der Waals surface area (Å²) in [4.78, 5) is 17.7. The van der Waals surface area contributed by atoms with Crippen LogP contribution in [0.4, 0.5) is 10.1 Å². The van der Waals surface area contributed by atoms with Gasteiger partial charge in [0.1, 0.15) is 5.69 Å². The number of esters is 1. The van der Waals surface area contributed by atoms with Crippen LogP contribution in [0.25, 0.3) is 10.9 Å². The number of rotatable bonds is 2. The van der Waals surface area contributed by atoms with E-state index in [1.54, 1.807) is 6.92 Å². The van der Waals surface area contributed by atoms with E-state index < -0.39 is 11.8 Å². The molecule has 0 spiro atoms. The van der Waals surface area contributed by atoms with Crippen molar-refractivity contribution in [1.82, 2.24) is 9.97 Å². The number of fused-ring (bicyclic) bond motifs is 1. The van der Waals surface area contributed by atoms with Gasteiger partial charge in [-0.3, -0.25) is 4.98 Å². The van der Waals surface area contributed by atoms with Crippen molar-refractivity contribution in [3.05, 3.63) is 23.9 Å². The molecule has 5 nitrogen and oxygen atoms in total. The average molecular weight is 223 g/mol. The third-order valence-electron chi connectivity index (χ3n) is 2.19. The Bertz CT molecular complexity index is 550. The van der Waals surface area contributed by atoms with Crippen LogP contribution in [-0.2, 0) is 4.74 Å². The van der Waals surface area contributed by atoms with E-state index in [1.807, 2.05) is 0 Å². The van der Waals surface area contributed by atoms with Crippen LogP contribution < -0.4 is 5.73 Å². The number of hydrogen-bond donors (Lipinski definition) is 2. The van der Waals surface area contributed by atoms with Crippen LogP contribution in [0.15, 0.2) is 12.4 Å². The fraction of sp³-hybridized carbons (Fsp3) is 0.200. The lowest BCUT2D eigenvalue weighted by Gasteiger charge is -1.99. The number of H-pyrrole nitrogens is 1. The summed E-state index contributed by atoms with van der Waals surface area (Å²) in [5.74, 6) is -1.16. The maximum atomic E-state index is 13.3. The lowest BCUT2D eigenvalue weighted by molar-refractivity contribution is 0.0522. The van der Waals surface area contributed by atoms with Crippen LogP contribution in [0.3, 0.4) is 0 Å². The Labute approximate surface area is 90.4 Å². The van der Waals surface area contributed by atoms with Gasteiger partial charge in [-0.2, -0.15) is 0 Å². The highest BCUT2D eigenvalue weighted by Crippen LogP contribution is 2.26. The van der Waals surface area contributed by atoms with Gasteiger partial charge in [0.25, 0.3) is 0 Å². The van der Waals surface area contributed by atoms with Crippen molar-refractivity contribution in [3.63, 3.8) is 0 Å². The van der Waals surface area contributed by atoms with E-state index in [0.29, 0.717) is 5.39 Å². The molecule has 2 aromatic heterocycles. The highest BCUT2D eigenvalue weighted by molar-refractivity contribution is 6.05. The molecule has 0 aliphatic carbocycles. The van der Waals surface area contributed by atoms with E-state index in [2.05, 4.69) is 9.97 Å². The monoisotopic (exact) mass is 223 g/mol. The zero-order valence-corrected chi connectivity index (χ0v) is 8.58. The maximum absolute atomic E-state index is 13.3. The Balaban J connectivity index is 2.60. The predicted octanol–water partition coefficient (Wildman–Crippen LogP) is 1.46. The van der Waals surface area contributed by atoms with Crippen molar-refractivity contribution >= 4 is 22.6 Å². The minimum atomic E-state index is -0.601. The molecule has 0 saturated heterocycles. The van der Waals surface area contributed by atoms with E-state index in [1.165, 1.54) is 6.20 Å². The molecular weight excluding hydrogens is 213 g/mol. The number of aromatic amines is 1. The van der Waals surface area contributed by atoms with Crippen molar-refractivity contribution in [1.29, 1.82) is 0 Å². The molecule has 0 unspecified atom stereocenters. The molecule has 2 rings (SSSR count). The van der Waals surface area contributed by atoms with Crippen LogP contribution in [0.1, 0.15) is 17.4 Å². The minimum Gasteiger partial charge on any atom is -0.461 e. The minimum absolute atomic E-state index is 0.0590. The maximum Gasteiger partial charge on any atom is 0.356 e. The Hall–Kier alpha value is -2.11. The molecule has 0 aromatic carbocycles. The third-order valence-corrected chi connectivity index (χ3v) is 2.19. The Morgan fingerprint density at radius 3 is 3.00 bits per heavy atom. The normalized spacial score (nSPS) is 10.6. The SMILES string of the molecule is CCOC(=O)c1[nH]c2c(F)cncc2c1N. The van der Waals surface area contributed by atoms with E-state index >= 15 is 0 Å². The second-order valence-corrected chi connectivity index (χ2v) is 3.18. The summed E-state index contributed by atoms with van der Waals surface area (Å²) in [7, 11) is 0. The fourth-order valence-corrected chi connectivity index (χ4v) is 1.46. The second kappa shape index (κ2) is 3.80. The third kappa shape index (κ3) is 1.48. The zero-order chi connectivity index (χ0) is 11.7. The molecule has 2 aromatic rings. The molecule has 0 bridgehead atoms. The van der Waals surface area contributed by atoms with E-state index in [9.17, 15) is 9.18 Å². The molecule has 84 valence electrons. The van der Waals surface area contributed by atoms with E-state index in [0.717, 1.165) is 6.20 Å². The summed E-state index contributed by atoms with van der Waals surface area (Å²) in [5.41, 5.74) is 6.08. The Morgan fingerprint density at radius 2 is 2.38 bits per heavy atom. The van der Waals surface area contributed by atoms with Crippen LogP contribution in [0, 0.1) is 5.82 Å². The van der Waals surface area contributed by atoms with Crippen LogP contribution >= 0.6 is 0 Å². The van der Waals surface area contributed by atoms with Crippen molar-refractivity contribution in [2.24, 2.45) is 0 Å². The van der Waals surface area contributed by atoms with Gasteiger partial charge in [-0.1, -0.05) is 0 Å². The summed E-state index contributed by atoms with van der Waals surface area (Å²) in [6.07, 6.45) is 2.44. The molecule has 0 amide bonds. The highest BCUT2D eigenvalue weighted by atomic mass is 19.1. The van der Waals surface area contributed by atoms with Crippen LogP contribution in [-0.4, -0.2) is 22.5 Å². The Morgan fingerprint density at radius 1 is 1.62 bits per heavy atom. The first-order valence-corrected chi connectivity index (χ1v) is 4.73. The number of aromatic nitrogens is 2. The van der Waals surface area contributed by atoms with Crippen LogP contribution in [0.2, 0.25) is 0 Å². The van der Waals surface area contributed by atoms with Crippen molar-refractivity contribution in [3.8, 4) is 0 Å². The molecule has 3 N–H and O–H groups in total. The molecule has 0 fully saturated rings. The number of anilines is 1. The zero-order valence-electron chi connectivity index (χ0n) is 8.58. The number of carbonyl (C=O) groups excluding carboxylic acids is 1. The smallest absolute Gasteiger partial charge is 0.356 e. The van der Waals surface area contributed by atoms with E-state index in [-0.39, 0.29) is 23.5 Å². The first kappa shape index (κ1) is 10.4. The van der Waals surface area contributed by atoms with Gasteiger partial charge < -0.3 is 15.5 Å². The lowest BCUT2D eigenvalue weighted by atomic mass is 10.2. The first-order chi connectivity index (χ1) is 7.65. The Kier molecular flexibility index (Phi) is 2.47. The topological polar surface area (TPSA) is 81.0 Å². The molecule has 16 heavy (non-hydrogen) atoms. The van der Waals surface area contributed by atoms with Crippen molar-refractivity contribution in [2.45, 2.75) is 6.92 Å². The average Bonchev–Trinajstić information content (AvgIpc) is 2.59. The standard InChI is InChI=1S/C10H10FN3O2/c1-2-16-10(15)9-7(12)5-3-13-4-6(11)8(5)14-9/h3-4,14H,2,12H2,1H3. The summed E-state index contributed by atoms with van der Waals surface area (Å²) >= 11 is 0. The summed E-state index contributed by atoms with van der Waals surface area (Å²) in [5, 5.41) is 0.378. The van der Waals surface area contributed by atoms with Gasteiger partial charge in [-0.25, -0.2) is 9.18 Å². The number of carbonyl (C=O) groups is 1. The highest BCUT2D eigenvalue weighted by Gasteiger charge is 2.18. The molecule has 6 heteroatoms. The number of ether oxygens (including phenoxy) is 1. The van der Waals surface area contributed by atoms with Gasteiger partial charge in [0.2, 0.25) is 0 Å². The fourth-order valence-electron chi connectivity index (χ4n) is 1.46. The van der Waals surface area contributed by atoms with Gasteiger partial charge >= 0.3 is 5.97 Å². The summed E-state index contributed by atoms with van der Waals surface area (Å²) in [6, 6.07) is 0. The molecule has 0 atom stereocenters.